The largest absolute Gasteiger partial charge is 0.497 e. The molecule has 1 atom stereocenters. The molecule has 2 N–H and O–H groups in total. The summed E-state index contributed by atoms with van der Waals surface area (Å²) in [5.74, 6) is 2.32. The van der Waals surface area contributed by atoms with Gasteiger partial charge in [0, 0.05) is 18.5 Å². The van der Waals surface area contributed by atoms with E-state index in [4.69, 9.17) is 14.1 Å². The lowest BCUT2D eigenvalue weighted by atomic mass is 10.00. The Bertz CT molecular complexity index is 1090. The minimum atomic E-state index is -0.206. The molecule has 1 amide bonds. The SMILES string of the molecule is CNC(=O)c1c(C)oc2nc(C(C)c3cccc(OC)c3)nc(NC3(C)CC3)c12. The van der Waals surface area contributed by atoms with Crippen molar-refractivity contribution in [1.29, 1.82) is 0 Å². The third kappa shape index (κ3) is 3.52. The third-order valence-corrected chi connectivity index (χ3v) is 5.60. The number of nitrogens with one attached hydrogen (secondary N) is 2. The number of amides is 1. The second-order valence-corrected chi connectivity index (χ2v) is 7.91. The molecule has 0 radical (unpaired) electrons. The zero-order valence-corrected chi connectivity index (χ0v) is 17.4. The van der Waals surface area contributed by atoms with Gasteiger partial charge >= 0.3 is 0 Å². The number of hydrogen-bond acceptors (Lipinski definition) is 6. The zero-order chi connectivity index (χ0) is 20.8. The number of aromatic nitrogens is 2. The van der Waals surface area contributed by atoms with Gasteiger partial charge in [-0.2, -0.15) is 4.98 Å². The Kier molecular flexibility index (Phi) is 4.68. The number of carbonyl (C=O) groups excluding carboxylic acids is 1. The molecule has 2 heterocycles. The number of ether oxygens (including phenoxy) is 1. The molecule has 1 aromatic carbocycles. The molecule has 0 bridgehead atoms. The van der Waals surface area contributed by atoms with Gasteiger partial charge in [0.25, 0.3) is 5.91 Å². The van der Waals surface area contributed by atoms with Crippen LogP contribution in [0, 0.1) is 6.92 Å². The highest BCUT2D eigenvalue weighted by atomic mass is 16.5. The molecule has 1 aliphatic carbocycles. The highest BCUT2D eigenvalue weighted by Gasteiger charge is 2.39. The van der Waals surface area contributed by atoms with Crippen LogP contribution in [0.4, 0.5) is 5.82 Å². The van der Waals surface area contributed by atoms with E-state index in [1.54, 1.807) is 21.1 Å². The molecule has 7 nitrogen and oxygen atoms in total. The van der Waals surface area contributed by atoms with Crippen LogP contribution in [0.15, 0.2) is 28.7 Å². The first-order valence-electron chi connectivity index (χ1n) is 9.80. The lowest BCUT2D eigenvalue weighted by molar-refractivity contribution is 0.0963. The van der Waals surface area contributed by atoms with Gasteiger partial charge in [-0.25, -0.2) is 4.98 Å². The standard InChI is InChI=1S/C22H26N4O3/c1-12(14-7-6-8-15(11-14)28-5)18-24-19(26-22(3)9-10-22)17-16(20(27)23-4)13(2)29-21(17)25-18/h6-8,11-12H,9-10H2,1-5H3,(H,23,27)(H,24,25,26). The molecule has 3 aromatic rings. The summed E-state index contributed by atoms with van der Waals surface area (Å²) in [6, 6.07) is 7.87. The predicted octanol–water partition coefficient (Wildman–Crippen LogP) is 4.02. The minimum absolute atomic E-state index is 0.0110. The Morgan fingerprint density at radius 1 is 1.31 bits per heavy atom. The number of hydrogen-bond donors (Lipinski definition) is 2. The smallest absolute Gasteiger partial charge is 0.255 e. The number of anilines is 1. The van der Waals surface area contributed by atoms with Crippen LogP contribution < -0.4 is 15.4 Å². The van der Waals surface area contributed by atoms with E-state index in [1.807, 2.05) is 31.2 Å². The van der Waals surface area contributed by atoms with Crippen LogP contribution in [0.2, 0.25) is 0 Å². The first kappa shape index (κ1) is 19.2. The average molecular weight is 394 g/mol. The Balaban J connectivity index is 1.86. The lowest BCUT2D eigenvalue weighted by Crippen LogP contribution is -2.21. The average Bonchev–Trinajstić information content (AvgIpc) is 3.34. The highest BCUT2D eigenvalue weighted by molar-refractivity contribution is 6.10. The third-order valence-electron chi connectivity index (χ3n) is 5.60. The first-order chi connectivity index (χ1) is 13.8. The van der Waals surface area contributed by atoms with E-state index in [0.29, 0.717) is 34.1 Å². The van der Waals surface area contributed by atoms with E-state index in [2.05, 4.69) is 22.5 Å². The molecule has 0 spiro atoms. The Morgan fingerprint density at radius 3 is 2.72 bits per heavy atom. The van der Waals surface area contributed by atoms with Gasteiger partial charge in [-0.15, -0.1) is 0 Å². The Hall–Kier alpha value is -3.09. The molecule has 0 saturated heterocycles. The van der Waals surface area contributed by atoms with Crippen LogP contribution in [-0.4, -0.2) is 35.6 Å². The van der Waals surface area contributed by atoms with E-state index in [1.165, 1.54) is 0 Å². The number of fused-ring (bicyclic) bond motifs is 1. The number of benzene rings is 1. The highest BCUT2D eigenvalue weighted by Crippen LogP contribution is 2.41. The van der Waals surface area contributed by atoms with Crippen molar-refractivity contribution in [2.75, 3.05) is 19.5 Å². The van der Waals surface area contributed by atoms with Crippen molar-refractivity contribution < 1.29 is 13.9 Å². The monoisotopic (exact) mass is 394 g/mol. The summed E-state index contributed by atoms with van der Waals surface area (Å²) in [6.45, 7) is 5.98. The second kappa shape index (κ2) is 7.06. The van der Waals surface area contributed by atoms with Crippen LogP contribution >= 0.6 is 0 Å². The number of rotatable bonds is 6. The lowest BCUT2D eigenvalue weighted by Gasteiger charge is -2.17. The van der Waals surface area contributed by atoms with E-state index in [0.717, 1.165) is 24.2 Å². The molecule has 2 aromatic heterocycles. The molecule has 7 heteroatoms. The summed E-state index contributed by atoms with van der Waals surface area (Å²) in [4.78, 5) is 22.0. The van der Waals surface area contributed by atoms with Crippen molar-refractivity contribution in [3.05, 3.63) is 47.0 Å². The molecule has 4 rings (SSSR count). The van der Waals surface area contributed by atoms with Crippen LogP contribution in [0.25, 0.3) is 11.1 Å². The van der Waals surface area contributed by atoms with Gasteiger partial charge in [0.15, 0.2) is 0 Å². The summed E-state index contributed by atoms with van der Waals surface area (Å²) in [6.07, 6.45) is 2.12. The van der Waals surface area contributed by atoms with Gasteiger partial charge < -0.3 is 19.8 Å². The van der Waals surface area contributed by atoms with Crippen molar-refractivity contribution in [3.8, 4) is 5.75 Å². The Labute approximate surface area is 169 Å². The maximum atomic E-state index is 12.5. The van der Waals surface area contributed by atoms with Crippen LogP contribution in [0.3, 0.4) is 0 Å². The maximum Gasteiger partial charge on any atom is 0.255 e. The van der Waals surface area contributed by atoms with Gasteiger partial charge in [-0.05, 0) is 44.4 Å². The first-order valence-corrected chi connectivity index (χ1v) is 9.80. The van der Waals surface area contributed by atoms with Gasteiger partial charge in [0.05, 0.1) is 18.1 Å². The topological polar surface area (TPSA) is 89.3 Å². The molecular weight excluding hydrogens is 368 g/mol. The van der Waals surface area contributed by atoms with Crippen molar-refractivity contribution >= 4 is 22.8 Å². The van der Waals surface area contributed by atoms with Crippen molar-refractivity contribution in [2.45, 2.75) is 45.1 Å². The van der Waals surface area contributed by atoms with E-state index < -0.39 is 0 Å². The van der Waals surface area contributed by atoms with Crippen LogP contribution in [0.1, 0.15) is 60.1 Å². The number of methoxy groups -OCH3 is 1. The summed E-state index contributed by atoms with van der Waals surface area (Å²) >= 11 is 0. The number of carbonyl (C=O) groups is 1. The molecule has 152 valence electrons. The van der Waals surface area contributed by atoms with Crippen molar-refractivity contribution in [1.82, 2.24) is 15.3 Å². The van der Waals surface area contributed by atoms with E-state index >= 15 is 0 Å². The summed E-state index contributed by atoms with van der Waals surface area (Å²) in [5.41, 5.74) is 1.94. The molecule has 1 aliphatic rings. The quantitative estimate of drug-likeness (QED) is 0.656. The predicted molar refractivity (Wildman–Crippen MR) is 112 cm³/mol. The van der Waals surface area contributed by atoms with E-state index in [-0.39, 0.29) is 17.4 Å². The fourth-order valence-corrected chi connectivity index (χ4v) is 3.47. The molecule has 29 heavy (non-hydrogen) atoms. The van der Waals surface area contributed by atoms with Gasteiger partial charge in [-0.1, -0.05) is 19.1 Å². The maximum absolute atomic E-state index is 12.5. The van der Waals surface area contributed by atoms with Crippen molar-refractivity contribution in [2.24, 2.45) is 0 Å². The molecule has 1 saturated carbocycles. The van der Waals surface area contributed by atoms with Gasteiger partial charge in [-0.3, -0.25) is 4.79 Å². The summed E-state index contributed by atoms with van der Waals surface area (Å²) in [7, 11) is 3.26. The normalized spacial score (nSPS) is 15.8. The summed E-state index contributed by atoms with van der Waals surface area (Å²) < 4.78 is 11.2. The van der Waals surface area contributed by atoms with E-state index in [9.17, 15) is 4.79 Å². The fraction of sp³-hybridized carbons (Fsp3) is 0.409. The van der Waals surface area contributed by atoms with Crippen LogP contribution in [-0.2, 0) is 0 Å². The molecule has 1 unspecified atom stereocenters. The molecule has 1 fully saturated rings. The van der Waals surface area contributed by atoms with Gasteiger partial charge in [0.2, 0.25) is 5.71 Å². The number of nitrogens with zero attached hydrogens (tertiary/aromatic N) is 2. The fourth-order valence-electron chi connectivity index (χ4n) is 3.47. The number of aryl methyl sites for hydroxylation is 1. The number of furan rings is 1. The molecular formula is C22H26N4O3. The zero-order valence-electron chi connectivity index (χ0n) is 17.4. The Morgan fingerprint density at radius 2 is 2.07 bits per heavy atom. The van der Waals surface area contributed by atoms with Gasteiger partial charge in [0.1, 0.15) is 23.2 Å². The molecule has 0 aliphatic heterocycles. The van der Waals surface area contributed by atoms with Crippen molar-refractivity contribution in [3.63, 3.8) is 0 Å². The summed E-state index contributed by atoms with van der Waals surface area (Å²) in [5, 5.41) is 6.84. The van der Waals surface area contributed by atoms with Crippen LogP contribution in [0.5, 0.6) is 5.75 Å². The minimum Gasteiger partial charge on any atom is -0.497 e. The second-order valence-electron chi connectivity index (χ2n) is 7.91.